The molecule has 1 aliphatic rings. The largest absolute Gasteiger partial charge is 0.398 e. The summed E-state index contributed by atoms with van der Waals surface area (Å²) < 4.78 is 5.42. The summed E-state index contributed by atoms with van der Waals surface area (Å²) in [6, 6.07) is 17.8. The Balaban J connectivity index is 1.55. The van der Waals surface area contributed by atoms with Crippen LogP contribution in [0.15, 0.2) is 72.7 Å². The van der Waals surface area contributed by atoms with E-state index >= 15 is 0 Å². The molecule has 1 aromatic heterocycles. The second-order valence-electron chi connectivity index (χ2n) is 7.65. The number of ether oxygens (including phenoxy) is 1. The minimum Gasteiger partial charge on any atom is -0.398 e. The van der Waals surface area contributed by atoms with Crippen molar-refractivity contribution in [2.45, 2.75) is 6.54 Å². The Morgan fingerprint density at radius 3 is 2.58 bits per heavy atom. The number of hydrogen-bond acceptors (Lipinski definition) is 6. The van der Waals surface area contributed by atoms with Gasteiger partial charge in [-0.25, -0.2) is 0 Å². The minimum absolute atomic E-state index is 0.215. The predicted molar refractivity (Wildman–Crippen MR) is 126 cm³/mol. The van der Waals surface area contributed by atoms with E-state index in [9.17, 15) is 0 Å². The Bertz CT molecular complexity index is 1090. The number of rotatable bonds is 6. The molecule has 2 heterocycles. The number of nitrogens with one attached hydrogen (secondary N) is 1. The van der Waals surface area contributed by atoms with Crippen LogP contribution in [-0.2, 0) is 11.3 Å². The van der Waals surface area contributed by atoms with Crippen LogP contribution in [0.5, 0.6) is 0 Å². The van der Waals surface area contributed by atoms with Crippen LogP contribution >= 0.6 is 0 Å². The molecule has 0 amide bonds. The van der Waals surface area contributed by atoms with E-state index in [-0.39, 0.29) is 5.71 Å². The maximum atomic E-state index is 8.64. The van der Waals surface area contributed by atoms with Gasteiger partial charge in [-0.05, 0) is 52.6 Å². The highest BCUT2D eigenvalue weighted by Crippen LogP contribution is 2.25. The fourth-order valence-electron chi connectivity index (χ4n) is 3.70. The summed E-state index contributed by atoms with van der Waals surface area (Å²) in [6.45, 7) is 4.33. The van der Waals surface area contributed by atoms with Gasteiger partial charge < -0.3 is 16.2 Å². The van der Waals surface area contributed by atoms with Crippen LogP contribution in [0, 0.1) is 5.41 Å². The lowest BCUT2D eigenvalue weighted by Crippen LogP contribution is -2.35. The number of pyridine rings is 1. The summed E-state index contributed by atoms with van der Waals surface area (Å²) in [7, 11) is 0. The van der Waals surface area contributed by atoms with E-state index in [1.165, 1.54) is 5.56 Å². The van der Waals surface area contributed by atoms with E-state index in [1.54, 1.807) is 12.4 Å². The molecule has 4 rings (SSSR count). The fraction of sp³-hybridized carbons (Fsp3) is 0.200. The molecule has 0 radical (unpaired) electrons. The molecule has 31 heavy (non-hydrogen) atoms. The smallest absolute Gasteiger partial charge is 0.0862 e. The summed E-state index contributed by atoms with van der Waals surface area (Å²) >= 11 is 0. The van der Waals surface area contributed by atoms with Gasteiger partial charge in [0, 0.05) is 43.3 Å². The third kappa shape index (κ3) is 5.17. The van der Waals surface area contributed by atoms with E-state index in [0.717, 1.165) is 49.5 Å². The van der Waals surface area contributed by atoms with Crippen molar-refractivity contribution >= 4 is 17.5 Å². The molecular weight excluding hydrogens is 386 g/mol. The fourth-order valence-corrected chi connectivity index (χ4v) is 3.70. The number of nitrogen functional groups attached to an aromatic ring is 1. The van der Waals surface area contributed by atoms with E-state index in [4.69, 9.17) is 21.6 Å². The number of allylic oxidation sites excluding steroid dienone is 1. The van der Waals surface area contributed by atoms with Gasteiger partial charge in [0.25, 0.3) is 0 Å². The van der Waals surface area contributed by atoms with Crippen LogP contribution < -0.4 is 11.5 Å². The summed E-state index contributed by atoms with van der Waals surface area (Å²) in [6.07, 6.45) is 5.33. The van der Waals surface area contributed by atoms with Gasteiger partial charge in [0.15, 0.2) is 0 Å². The van der Waals surface area contributed by atoms with Gasteiger partial charge in [0.05, 0.1) is 24.6 Å². The number of anilines is 1. The first-order valence-corrected chi connectivity index (χ1v) is 10.4. The Hall–Kier alpha value is -3.48. The van der Waals surface area contributed by atoms with Gasteiger partial charge in [0.2, 0.25) is 0 Å². The summed E-state index contributed by atoms with van der Waals surface area (Å²) in [5.41, 5.74) is 18.4. The third-order valence-corrected chi connectivity index (χ3v) is 5.41. The number of benzene rings is 2. The summed E-state index contributed by atoms with van der Waals surface area (Å²) in [4.78, 5) is 6.44. The number of morpholine rings is 1. The molecule has 6 nitrogen and oxygen atoms in total. The van der Waals surface area contributed by atoms with Crippen LogP contribution in [0.3, 0.4) is 0 Å². The van der Waals surface area contributed by atoms with Gasteiger partial charge in [-0.1, -0.05) is 30.3 Å². The second-order valence-corrected chi connectivity index (χ2v) is 7.65. The van der Waals surface area contributed by atoms with Crippen LogP contribution in [0.25, 0.3) is 17.2 Å². The lowest BCUT2D eigenvalue weighted by molar-refractivity contribution is 0.0342. The molecule has 0 bridgehead atoms. The minimum atomic E-state index is 0.215. The average molecular weight is 414 g/mol. The van der Waals surface area contributed by atoms with E-state index < -0.39 is 0 Å². The number of nitrogens with two attached hydrogens (primary N) is 2. The summed E-state index contributed by atoms with van der Waals surface area (Å²) in [5, 5.41) is 8.64. The monoisotopic (exact) mass is 413 g/mol. The normalized spacial score (nSPS) is 15.0. The van der Waals surface area contributed by atoms with Crippen molar-refractivity contribution in [2.75, 3.05) is 32.0 Å². The van der Waals surface area contributed by atoms with Crippen molar-refractivity contribution in [3.8, 4) is 11.1 Å². The number of hydrogen-bond donors (Lipinski definition) is 3. The first kappa shape index (κ1) is 20.8. The zero-order chi connectivity index (χ0) is 21.6. The standard InChI is InChI=1S/C25H27N5O/c26-23-5-4-21(20-6-8-29-9-7-20)16-22(23)25(28)24(27)15-18-2-1-3-19(14-18)17-30-10-12-31-13-11-30/h1-9,14-16,28H,10-13,17,26-27H2/b24-15-,28-25?. The van der Waals surface area contributed by atoms with Crippen molar-refractivity contribution in [1.29, 1.82) is 5.41 Å². The Morgan fingerprint density at radius 1 is 1.03 bits per heavy atom. The Kier molecular flexibility index (Phi) is 6.40. The highest BCUT2D eigenvalue weighted by Gasteiger charge is 2.12. The highest BCUT2D eigenvalue weighted by atomic mass is 16.5. The third-order valence-electron chi connectivity index (χ3n) is 5.41. The van der Waals surface area contributed by atoms with Gasteiger partial charge in [-0.15, -0.1) is 0 Å². The van der Waals surface area contributed by atoms with Crippen LogP contribution in [0.1, 0.15) is 16.7 Å². The maximum absolute atomic E-state index is 8.64. The van der Waals surface area contributed by atoms with Crippen molar-refractivity contribution in [3.63, 3.8) is 0 Å². The Labute approximate surface area is 182 Å². The van der Waals surface area contributed by atoms with E-state index in [1.807, 2.05) is 48.5 Å². The maximum Gasteiger partial charge on any atom is 0.0862 e. The molecule has 158 valence electrons. The van der Waals surface area contributed by atoms with Gasteiger partial charge in [-0.3, -0.25) is 15.3 Å². The SMILES string of the molecule is N=C(/C(N)=C/c1cccc(CN2CCOCC2)c1)c1cc(-c2ccncc2)ccc1N. The Morgan fingerprint density at radius 2 is 1.81 bits per heavy atom. The topological polar surface area (TPSA) is 101 Å². The second kappa shape index (κ2) is 9.55. The molecule has 1 saturated heterocycles. The van der Waals surface area contributed by atoms with Crippen molar-refractivity contribution in [3.05, 3.63) is 89.4 Å². The quantitative estimate of drug-likeness (QED) is 0.424. The average Bonchev–Trinajstić information content (AvgIpc) is 2.80. The lowest BCUT2D eigenvalue weighted by Gasteiger charge is -2.26. The molecule has 3 aromatic rings. The molecule has 0 unspecified atom stereocenters. The lowest BCUT2D eigenvalue weighted by atomic mass is 9.98. The van der Waals surface area contributed by atoms with E-state index in [0.29, 0.717) is 16.9 Å². The molecule has 1 fully saturated rings. The molecule has 6 heteroatoms. The van der Waals surface area contributed by atoms with Crippen molar-refractivity contribution < 1.29 is 4.74 Å². The highest BCUT2D eigenvalue weighted by molar-refractivity contribution is 6.15. The first-order chi connectivity index (χ1) is 15.1. The molecule has 0 saturated carbocycles. The number of aromatic nitrogens is 1. The van der Waals surface area contributed by atoms with Gasteiger partial charge >= 0.3 is 0 Å². The molecule has 0 aliphatic carbocycles. The number of nitrogens with zero attached hydrogens (tertiary/aromatic N) is 2. The van der Waals surface area contributed by atoms with Crippen molar-refractivity contribution in [2.24, 2.45) is 5.73 Å². The molecule has 1 aliphatic heterocycles. The predicted octanol–water partition coefficient (Wildman–Crippen LogP) is 3.53. The van der Waals surface area contributed by atoms with Crippen LogP contribution in [0.4, 0.5) is 5.69 Å². The molecule has 0 spiro atoms. The van der Waals surface area contributed by atoms with Gasteiger partial charge in [-0.2, -0.15) is 0 Å². The van der Waals surface area contributed by atoms with Crippen LogP contribution in [0.2, 0.25) is 0 Å². The zero-order valence-corrected chi connectivity index (χ0v) is 17.4. The zero-order valence-electron chi connectivity index (χ0n) is 17.4. The summed E-state index contributed by atoms with van der Waals surface area (Å²) in [5.74, 6) is 0. The van der Waals surface area contributed by atoms with Crippen molar-refractivity contribution in [1.82, 2.24) is 9.88 Å². The first-order valence-electron chi connectivity index (χ1n) is 10.4. The molecular formula is C25H27N5O. The van der Waals surface area contributed by atoms with E-state index in [2.05, 4.69) is 22.0 Å². The molecule has 0 atom stereocenters. The molecule has 2 aromatic carbocycles. The van der Waals surface area contributed by atoms with Gasteiger partial charge in [0.1, 0.15) is 0 Å². The molecule has 5 N–H and O–H groups in total. The van der Waals surface area contributed by atoms with Crippen LogP contribution in [-0.4, -0.2) is 41.9 Å².